The van der Waals surface area contributed by atoms with Crippen molar-refractivity contribution < 1.29 is 13.6 Å². The van der Waals surface area contributed by atoms with Gasteiger partial charge in [0.25, 0.3) is 5.91 Å². The van der Waals surface area contributed by atoms with Crippen LogP contribution in [-0.4, -0.2) is 28.9 Å². The standard InChI is InChI=1S/C19H16ClFN2O2/c20-15-11-13(21)5-6-14(15)19(24)23-9-7-12(8-10-23)18-22-16-3-1-2-4-17(16)25-18/h1-6,11-12H,7-10H2. The Morgan fingerprint density at radius 1 is 1.20 bits per heavy atom. The van der Waals surface area contributed by atoms with Crippen LogP contribution < -0.4 is 0 Å². The summed E-state index contributed by atoms with van der Waals surface area (Å²) in [7, 11) is 0. The third-order valence-electron chi connectivity index (χ3n) is 4.60. The fourth-order valence-electron chi connectivity index (χ4n) is 3.23. The van der Waals surface area contributed by atoms with Crippen molar-refractivity contribution in [2.45, 2.75) is 18.8 Å². The van der Waals surface area contributed by atoms with Gasteiger partial charge in [0.1, 0.15) is 11.3 Å². The molecule has 3 aromatic rings. The molecule has 0 N–H and O–H groups in total. The van der Waals surface area contributed by atoms with Gasteiger partial charge in [-0.1, -0.05) is 23.7 Å². The summed E-state index contributed by atoms with van der Waals surface area (Å²) in [5.41, 5.74) is 1.98. The van der Waals surface area contributed by atoms with Crippen molar-refractivity contribution >= 4 is 28.6 Å². The maximum atomic E-state index is 13.2. The first-order valence-electron chi connectivity index (χ1n) is 8.21. The first kappa shape index (κ1) is 16.1. The lowest BCUT2D eigenvalue weighted by atomic mass is 9.96. The fraction of sp³-hybridized carbons (Fsp3) is 0.263. The van der Waals surface area contributed by atoms with Crippen molar-refractivity contribution in [1.82, 2.24) is 9.88 Å². The number of nitrogens with zero attached hydrogens (tertiary/aromatic N) is 2. The monoisotopic (exact) mass is 358 g/mol. The summed E-state index contributed by atoms with van der Waals surface area (Å²) in [5.74, 6) is 0.311. The van der Waals surface area contributed by atoms with Crippen LogP contribution >= 0.6 is 11.6 Å². The second kappa shape index (κ2) is 6.48. The van der Waals surface area contributed by atoms with Gasteiger partial charge in [0.2, 0.25) is 0 Å². The van der Waals surface area contributed by atoms with Crippen molar-refractivity contribution in [2.75, 3.05) is 13.1 Å². The largest absolute Gasteiger partial charge is 0.440 e. The number of likely N-dealkylation sites (tertiary alicyclic amines) is 1. The van der Waals surface area contributed by atoms with Crippen molar-refractivity contribution in [3.05, 3.63) is 64.8 Å². The summed E-state index contributed by atoms with van der Waals surface area (Å²) < 4.78 is 19.0. The molecule has 0 bridgehead atoms. The van der Waals surface area contributed by atoms with Crippen molar-refractivity contribution in [1.29, 1.82) is 0 Å². The Morgan fingerprint density at radius 3 is 2.68 bits per heavy atom. The number of hydrogen-bond donors (Lipinski definition) is 0. The van der Waals surface area contributed by atoms with Gasteiger partial charge < -0.3 is 9.32 Å². The Kier molecular flexibility index (Phi) is 4.17. The Bertz CT molecular complexity index is 899. The number of carbonyl (C=O) groups excluding carboxylic acids is 1. The van der Waals surface area contributed by atoms with E-state index in [9.17, 15) is 9.18 Å². The van der Waals surface area contributed by atoms with E-state index in [1.165, 1.54) is 18.2 Å². The van der Waals surface area contributed by atoms with Gasteiger partial charge in [-0.3, -0.25) is 4.79 Å². The summed E-state index contributed by atoms with van der Waals surface area (Å²) in [6.07, 6.45) is 1.55. The zero-order chi connectivity index (χ0) is 17.4. The zero-order valence-corrected chi connectivity index (χ0v) is 14.2. The Labute approximate surface area is 149 Å². The molecule has 128 valence electrons. The molecule has 0 saturated carbocycles. The molecular weight excluding hydrogens is 343 g/mol. The number of benzene rings is 2. The highest BCUT2D eigenvalue weighted by Gasteiger charge is 2.28. The molecule has 1 aliphatic heterocycles. The highest BCUT2D eigenvalue weighted by Crippen LogP contribution is 2.31. The maximum absolute atomic E-state index is 13.2. The molecular formula is C19H16ClFN2O2. The Balaban J connectivity index is 1.46. The first-order valence-corrected chi connectivity index (χ1v) is 8.59. The van der Waals surface area contributed by atoms with Gasteiger partial charge in [-0.15, -0.1) is 0 Å². The number of oxazole rings is 1. The number of para-hydroxylation sites is 2. The highest BCUT2D eigenvalue weighted by atomic mass is 35.5. The molecule has 1 fully saturated rings. The summed E-state index contributed by atoms with van der Waals surface area (Å²) in [6, 6.07) is 11.5. The van der Waals surface area contributed by atoms with E-state index in [1.807, 2.05) is 24.3 Å². The van der Waals surface area contributed by atoms with Crippen LogP contribution in [0.1, 0.15) is 35.0 Å². The number of fused-ring (bicyclic) bond motifs is 1. The second-order valence-electron chi connectivity index (χ2n) is 6.21. The molecule has 1 saturated heterocycles. The molecule has 2 heterocycles. The summed E-state index contributed by atoms with van der Waals surface area (Å²) >= 11 is 6.00. The number of hydrogen-bond acceptors (Lipinski definition) is 3. The van der Waals surface area contributed by atoms with Gasteiger partial charge in [0.05, 0.1) is 10.6 Å². The zero-order valence-electron chi connectivity index (χ0n) is 13.4. The molecule has 0 radical (unpaired) electrons. The van der Waals surface area contributed by atoms with E-state index in [1.54, 1.807) is 4.90 Å². The normalized spacial score (nSPS) is 15.7. The SMILES string of the molecule is O=C(c1ccc(F)cc1Cl)N1CCC(c2nc3ccccc3o2)CC1. The summed E-state index contributed by atoms with van der Waals surface area (Å²) in [4.78, 5) is 18.9. The number of amides is 1. The van der Waals surface area contributed by atoms with Crippen molar-refractivity contribution in [3.8, 4) is 0 Å². The van der Waals surface area contributed by atoms with Crippen LogP contribution in [0.4, 0.5) is 4.39 Å². The topological polar surface area (TPSA) is 46.3 Å². The molecule has 4 nitrogen and oxygen atoms in total. The van der Waals surface area contributed by atoms with E-state index in [2.05, 4.69) is 4.98 Å². The highest BCUT2D eigenvalue weighted by molar-refractivity contribution is 6.33. The summed E-state index contributed by atoms with van der Waals surface area (Å²) in [5, 5.41) is 0.145. The van der Waals surface area contributed by atoms with Crippen LogP contribution in [0.2, 0.25) is 5.02 Å². The Hall–Kier alpha value is -2.40. The van der Waals surface area contributed by atoms with E-state index < -0.39 is 5.82 Å². The smallest absolute Gasteiger partial charge is 0.255 e. The lowest BCUT2D eigenvalue weighted by Gasteiger charge is -2.30. The molecule has 0 atom stereocenters. The number of aromatic nitrogens is 1. The van der Waals surface area contributed by atoms with Gasteiger partial charge >= 0.3 is 0 Å². The molecule has 6 heteroatoms. The van der Waals surface area contributed by atoms with E-state index in [0.29, 0.717) is 18.7 Å². The number of piperidine rings is 1. The number of halogens is 2. The minimum absolute atomic E-state index is 0.145. The van der Waals surface area contributed by atoms with Gasteiger partial charge in [-0.25, -0.2) is 9.37 Å². The van der Waals surface area contributed by atoms with Crippen molar-refractivity contribution in [2.24, 2.45) is 0 Å². The lowest BCUT2D eigenvalue weighted by Crippen LogP contribution is -2.38. The van der Waals surface area contributed by atoms with Crippen LogP contribution in [0, 0.1) is 5.82 Å². The van der Waals surface area contributed by atoms with Crippen LogP contribution in [-0.2, 0) is 0 Å². The van der Waals surface area contributed by atoms with Gasteiger partial charge in [0, 0.05) is 19.0 Å². The predicted molar refractivity (Wildman–Crippen MR) is 93.3 cm³/mol. The van der Waals surface area contributed by atoms with E-state index >= 15 is 0 Å². The molecule has 1 amide bonds. The van der Waals surface area contributed by atoms with Crippen LogP contribution in [0.15, 0.2) is 46.9 Å². The third kappa shape index (κ3) is 3.12. The van der Waals surface area contributed by atoms with Gasteiger partial charge in [-0.05, 0) is 43.2 Å². The predicted octanol–water partition coefficient (Wildman–Crippen LogP) is 4.64. The van der Waals surface area contributed by atoms with Gasteiger partial charge in [0.15, 0.2) is 11.5 Å². The number of carbonyl (C=O) groups is 1. The molecule has 1 aliphatic rings. The molecule has 4 rings (SSSR count). The van der Waals surface area contributed by atoms with E-state index in [4.69, 9.17) is 16.0 Å². The molecule has 0 unspecified atom stereocenters. The van der Waals surface area contributed by atoms with Crippen molar-refractivity contribution in [3.63, 3.8) is 0 Å². The van der Waals surface area contributed by atoms with Crippen LogP contribution in [0.25, 0.3) is 11.1 Å². The third-order valence-corrected chi connectivity index (χ3v) is 4.92. The van der Waals surface area contributed by atoms with Crippen LogP contribution in [0.3, 0.4) is 0 Å². The van der Waals surface area contributed by atoms with E-state index in [-0.39, 0.29) is 16.8 Å². The lowest BCUT2D eigenvalue weighted by molar-refractivity contribution is 0.0707. The number of rotatable bonds is 2. The summed E-state index contributed by atoms with van der Waals surface area (Å²) in [6.45, 7) is 1.19. The minimum Gasteiger partial charge on any atom is -0.440 e. The average molecular weight is 359 g/mol. The molecule has 25 heavy (non-hydrogen) atoms. The molecule has 0 spiro atoms. The van der Waals surface area contributed by atoms with Crippen LogP contribution in [0.5, 0.6) is 0 Å². The first-order chi connectivity index (χ1) is 12.1. The Morgan fingerprint density at radius 2 is 1.96 bits per heavy atom. The quantitative estimate of drug-likeness (QED) is 0.670. The molecule has 2 aromatic carbocycles. The molecule has 0 aliphatic carbocycles. The minimum atomic E-state index is -0.448. The van der Waals surface area contributed by atoms with E-state index in [0.717, 1.165) is 29.8 Å². The molecule has 1 aromatic heterocycles. The second-order valence-corrected chi connectivity index (χ2v) is 6.62. The van der Waals surface area contributed by atoms with Gasteiger partial charge in [-0.2, -0.15) is 0 Å². The fourth-order valence-corrected chi connectivity index (χ4v) is 3.48. The maximum Gasteiger partial charge on any atom is 0.255 e. The average Bonchev–Trinajstić information content (AvgIpc) is 3.05.